The zero-order valence-corrected chi connectivity index (χ0v) is 15.0. The van der Waals surface area contributed by atoms with Gasteiger partial charge in [0.25, 0.3) is 5.91 Å². The maximum Gasteiger partial charge on any atom is 0.274 e. The molecule has 7 nitrogen and oxygen atoms in total. The Hall–Kier alpha value is -2.94. The third kappa shape index (κ3) is 3.83. The van der Waals surface area contributed by atoms with Gasteiger partial charge in [0.15, 0.2) is 11.0 Å². The highest BCUT2D eigenvalue weighted by atomic mass is 32.2. The molecule has 2 aromatic heterocycles. The van der Waals surface area contributed by atoms with Gasteiger partial charge in [0.2, 0.25) is 5.91 Å². The molecule has 3 rings (SSSR count). The van der Waals surface area contributed by atoms with E-state index in [-0.39, 0.29) is 11.6 Å². The summed E-state index contributed by atoms with van der Waals surface area (Å²) >= 11 is 1.16. The summed E-state index contributed by atoms with van der Waals surface area (Å²) in [5, 5.41) is 11.0. The molecule has 26 heavy (non-hydrogen) atoms. The number of nitrogens with zero attached hydrogens (tertiary/aromatic N) is 4. The summed E-state index contributed by atoms with van der Waals surface area (Å²) in [5.41, 5.74) is 1.12. The van der Waals surface area contributed by atoms with Crippen molar-refractivity contribution in [3.05, 3.63) is 54.1 Å². The first-order chi connectivity index (χ1) is 12.5. The zero-order valence-electron chi connectivity index (χ0n) is 14.1. The van der Waals surface area contributed by atoms with Crippen LogP contribution < -0.4 is 5.32 Å². The van der Waals surface area contributed by atoms with Crippen molar-refractivity contribution in [1.29, 1.82) is 0 Å². The number of amides is 2. The van der Waals surface area contributed by atoms with Crippen LogP contribution in [0.2, 0.25) is 0 Å². The first-order valence-electron chi connectivity index (χ1n) is 7.69. The third-order valence-electron chi connectivity index (χ3n) is 3.70. The van der Waals surface area contributed by atoms with Gasteiger partial charge in [0.1, 0.15) is 11.5 Å². The summed E-state index contributed by atoms with van der Waals surface area (Å²) in [6.45, 7) is 0. The molecule has 2 heterocycles. The molecule has 3 aromatic rings. The number of benzene rings is 1. The first-order valence-corrected chi connectivity index (χ1v) is 8.68. The standard InChI is InChI=1S/C17H16FN5O2S/c1-22-9-3-4-13(22)16(25)19-14(24)10-26-17-21-20-15(23(17)2)11-5-7-12(18)8-6-11/h3-9H,10H2,1-2H3,(H,19,24,25). The Labute approximate surface area is 153 Å². The van der Waals surface area contributed by atoms with Crippen molar-refractivity contribution in [2.75, 3.05) is 5.75 Å². The molecule has 0 unspecified atom stereocenters. The van der Waals surface area contributed by atoms with Crippen LogP contribution in [0.1, 0.15) is 10.5 Å². The van der Waals surface area contributed by atoms with Crippen LogP contribution >= 0.6 is 11.8 Å². The largest absolute Gasteiger partial charge is 0.347 e. The number of rotatable bonds is 5. The number of hydrogen-bond donors (Lipinski definition) is 1. The number of imide groups is 1. The lowest BCUT2D eigenvalue weighted by Crippen LogP contribution is -2.33. The van der Waals surface area contributed by atoms with Crippen molar-refractivity contribution >= 4 is 23.6 Å². The lowest BCUT2D eigenvalue weighted by molar-refractivity contribution is -0.117. The minimum absolute atomic E-state index is 0.0194. The van der Waals surface area contributed by atoms with Crippen molar-refractivity contribution in [1.82, 2.24) is 24.6 Å². The van der Waals surface area contributed by atoms with Gasteiger partial charge < -0.3 is 9.13 Å². The van der Waals surface area contributed by atoms with E-state index in [4.69, 9.17) is 0 Å². The van der Waals surface area contributed by atoms with Gasteiger partial charge in [0, 0.05) is 25.9 Å². The van der Waals surface area contributed by atoms with Gasteiger partial charge in [-0.15, -0.1) is 10.2 Å². The molecule has 1 aromatic carbocycles. The maximum absolute atomic E-state index is 13.0. The number of aromatic nitrogens is 4. The van der Waals surface area contributed by atoms with E-state index < -0.39 is 11.8 Å². The predicted molar refractivity (Wildman–Crippen MR) is 95.0 cm³/mol. The van der Waals surface area contributed by atoms with E-state index in [1.807, 2.05) is 0 Å². The van der Waals surface area contributed by atoms with Gasteiger partial charge >= 0.3 is 0 Å². The average Bonchev–Trinajstić information content (AvgIpc) is 3.20. The minimum Gasteiger partial charge on any atom is -0.347 e. The topological polar surface area (TPSA) is 81.8 Å². The summed E-state index contributed by atoms with van der Waals surface area (Å²) in [5.74, 6) is -0.621. The van der Waals surface area contributed by atoms with Gasteiger partial charge in [0.05, 0.1) is 5.75 Å². The van der Waals surface area contributed by atoms with E-state index in [1.54, 1.807) is 53.7 Å². The molecular weight excluding hydrogens is 357 g/mol. The fraction of sp³-hybridized carbons (Fsp3) is 0.176. The Morgan fingerprint density at radius 3 is 2.54 bits per heavy atom. The van der Waals surface area contributed by atoms with Crippen molar-refractivity contribution in [2.24, 2.45) is 14.1 Å². The van der Waals surface area contributed by atoms with E-state index in [9.17, 15) is 14.0 Å². The molecule has 134 valence electrons. The number of halogens is 1. The van der Waals surface area contributed by atoms with Crippen LogP contribution in [0.15, 0.2) is 47.8 Å². The molecule has 0 atom stereocenters. The summed E-state index contributed by atoms with van der Waals surface area (Å²) < 4.78 is 16.4. The highest BCUT2D eigenvalue weighted by Gasteiger charge is 2.16. The third-order valence-corrected chi connectivity index (χ3v) is 4.72. The summed E-state index contributed by atoms with van der Waals surface area (Å²) in [4.78, 5) is 24.0. The van der Waals surface area contributed by atoms with Gasteiger partial charge in [-0.3, -0.25) is 14.9 Å². The van der Waals surface area contributed by atoms with Crippen LogP contribution in [0.25, 0.3) is 11.4 Å². The lowest BCUT2D eigenvalue weighted by Gasteiger charge is -2.06. The predicted octanol–water partition coefficient (Wildman–Crippen LogP) is 2.01. The number of carbonyl (C=O) groups excluding carboxylic acids is 2. The minimum atomic E-state index is -0.451. The van der Waals surface area contributed by atoms with Gasteiger partial charge in [-0.2, -0.15) is 0 Å². The van der Waals surface area contributed by atoms with Crippen LogP contribution in [0.5, 0.6) is 0 Å². The molecular formula is C17H16FN5O2S. The normalized spacial score (nSPS) is 10.7. The molecule has 2 amide bonds. The molecule has 0 saturated carbocycles. The Balaban J connectivity index is 1.61. The van der Waals surface area contributed by atoms with E-state index in [2.05, 4.69) is 15.5 Å². The summed E-state index contributed by atoms with van der Waals surface area (Å²) in [7, 11) is 3.48. The molecule has 0 aliphatic rings. The highest BCUT2D eigenvalue weighted by molar-refractivity contribution is 7.99. The Kier molecular flexibility index (Phi) is 5.17. The van der Waals surface area contributed by atoms with Crippen LogP contribution in [0, 0.1) is 5.82 Å². The van der Waals surface area contributed by atoms with E-state index >= 15 is 0 Å². The van der Waals surface area contributed by atoms with Crippen LogP contribution in [0.4, 0.5) is 4.39 Å². The maximum atomic E-state index is 13.0. The van der Waals surface area contributed by atoms with E-state index in [0.29, 0.717) is 16.7 Å². The van der Waals surface area contributed by atoms with Crippen molar-refractivity contribution in [2.45, 2.75) is 5.16 Å². The molecule has 0 saturated heterocycles. The molecule has 0 aliphatic heterocycles. The van der Waals surface area contributed by atoms with Crippen molar-refractivity contribution in [3.8, 4) is 11.4 Å². The SMILES string of the molecule is Cn1cccc1C(=O)NC(=O)CSc1nnc(-c2ccc(F)cc2)n1C. The molecule has 9 heteroatoms. The van der Waals surface area contributed by atoms with Crippen LogP contribution in [-0.4, -0.2) is 36.9 Å². The smallest absolute Gasteiger partial charge is 0.274 e. The van der Waals surface area contributed by atoms with Crippen LogP contribution in [-0.2, 0) is 18.9 Å². The fourth-order valence-corrected chi connectivity index (χ4v) is 3.06. The Morgan fingerprint density at radius 1 is 1.15 bits per heavy atom. The molecule has 0 spiro atoms. The lowest BCUT2D eigenvalue weighted by atomic mass is 10.2. The highest BCUT2D eigenvalue weighted by Crippen LogP contribution is 2.22. The second-order valence-electron chi connectivity index (χ2n) is 5.54. The number of hydrogen-bond acceptors (Lipinski definition) is 5. The first kappa shape index (κ1) is 17.9. The molecule has 0 radical (unpaired) electrons. The summed E-state index contributed by atoms with van der Waals surface area (Å²) in [6.07, 6.45) is 1.73. The summed E-state index contributed by atoms with van der Waals surface area (Å²) in [6, 6.07) is 9.27. The second kappa shape index (κ2) is 7.52. The molecule has 0 fully saturated rings. The molecule has 0 bridgehead atoms. The quantitative estimate of drug-likeness (QED) is 0.692. The van der Waals surface area contributed by atoms with Gasteiger partial charge in [-0.25, -0.2) is 4.39 Å². The Bertz CT molecular complexity index is 948. The number of nitrogens with one attached hydrogen (secondary N) is 1. The Morgan fingerprint density at radius 2 is 1.88 bits per heavy atom. The number of carbonyl (C=O) groups is 2. The average molecular weight is 373 g/mol. The zero-order chi connectivity index (χ0) is 18.7. The fourth-order valence-electron chi connectivity index (χ4n) is 2.34. The number of aryl methyl sites for hydroxylation is 1. The van der Waals surface area contributed by atoms with Gasteiger partial charge in [-0.05, 0) is 36.4 Å². The van der Waals surface area contributed by atoms with E-state index in [0.717, 1.165) is 17.3 Å². The van der Waals surface area contributed by atoms with Gasteiger partial charge in [-0.1, -0.05) is 11.8 Å². The van der Waals surface area contributed by atoms with Crippen molar-refractivity contribution in [3.63, 3.8) is 0 Å². The van der Waals surface area contributed by atoms with Crippen molar-refractivity contribution < 1.29 is 14.0 Å². The monoisotopic (exact) mass is 373 g/mol. The van der Waals surface area contributed by atoms with Crippen LogP contribution in [0.3, 0.4) is 0 Å². The second-order valence-corrected chi connectivity index (χ2v) is 6.48. The molecule has 0 aliphatic carbocycles. The number of thioether (sulfide) groups is 1. The molecule has 1 N–H and O–H groups in total. The van der Waals surface area contributed by atoms with E-state index in [1.165, 1.54) is 12.1 Å².